The maximum absolute atomic E-state index is 12.1. The van der Waals surface area contributed by atoms with E-state index in [2.05, 4.69) is 0 Å². The Bertz CT molecular complexity index is 346. The molecule has 0 radical (unpaired) electrons. The van der Waals surface area contributed by atoms with Gasteiger partial charge in [-0.3, -0.25) is 4.79 Å². The van der Waals surface area contributed by atoms with Crippen LogP contribution < -0.4 is 0 Å². The summed E-state index contributed by atoms with van der Waals surface area (Å²) in [7, 11) is -1.69. The summed E-state index contributed by atoms with van der Waals surface area (Å²) in [6.07, 6.45) is 3.57. The van der Waals surface area contributed by atoms with Crippen molar-refractivity contribution >= 4 is 16.0 Å². The van der Waals surface area contributed by atoms with Crippen LogP contribution in [-0.4, -0.2) is 44.1 Å². The summed E-state index contributed by atoms with van der Waals surface area (Å²) in [5.41, 5.74) is 0. The standard InChI is InChI=1S/C11H21NO4S/c1-3-16-11(13)8-9-12(2)17(14,15)10-6-4-5-7-10/h10H,3-9H2,1-2H3. The Morgan fingerprint density at radius 2 is 1.94 bits per heavy atom. The van der Waals surface area contributed by atoms with Crippen molar-refractivity contribution in [3.8, 4) is 0 Å². The molecule has 1 aliphatic rings. The Morgan fingerprint density at radius 3 is 2.47 bits per heavy atom. The van der Waals surface area contributed by atoms with Crippen molar-refractivity contribution in [1.29, 1.82) is 0 Å². The number of hydrogen-bond acceptors (Lipinski definition) is 4. The molecular formula is C11H21NO4S. The fourth-order valence-corrected chi connectivity index (χ4v) is 3.83. The van der Waals surface area contributed by atoms with Crippen LogP contribution in [0.2, 0.25) is 0 Å². The second-order valence-corrected chi connectivity index (χ2v) is 6.65. The second kappa shape index (κ2) is 6.35. The van der Waals surface area contributed by atoms with Crippen LogP contribution >= 0.6 is 0 Å². The average molecular weight is 263 g/mol. The van der Waals surface area contributed by atoms with Crippen LogP contribution in [0.25, 0.3) is 0 Å². The van der Waals surface area contributed by atoms with Gasteiger partial charge in [-0.25, -0.2) is 12.7 Å². The molecule has 0 bridgehead atoms. The minimum absolute atomic E-state index is 0.121. The number of carbonyl (C=O) groups is 1. The first-order valence-electron chi connectivity index (χ1n) is 6.09. The summed E-state index contributed by atoms with van der Waals surface area (Å²) < 4.78 is 30.2. The minimum atomic E-state index is -3.22. The molecule has 1 saturated carbocycles. The molecule has 1 fully saturated rings. The Morgan fingerprint density at radius 1 is 1.35 bits per heavy atom. The van der Waals surface area contributed by atoms with Crippen LogP contribution in [-0.2, 0) is 19.6 Å². The highest BCUT2D eigenvalue weighted by atomic mass is 32.2. The van der Waals surface area contributed by atoms with Crippen molar-refractivity contribution in [3.05, 3.63) is 0 Å². The third kappa shape index (κ3) is 3.96. The van der Waals surface area contributed by atoms with Gasteiger partial charge in [0, 0.05) is 13.6 Å². The molecule has 0 amide bonds. The number of carbonyl (C=O) groups excluding carboxylic acids is 1. The third-order valence-corrected chi connectivity index (χ3v) is 5.46. The molecule has 0 saturated heterocycles. The van der Waals surface area contributed by atoms with Gasteiger partial charge in [-0.2, -0.15) is 0 Å². The van der Waals surface area contributed by atoms with E-state index >= 15 is 0 Å². The SMILES string of the molecule is CCOC(=O)CCN(C)S(=O)(=O)C1CCCC1. The van der Waals surface area contributed by atoms with Crippen LogP contribution in [0.5, 0.6) is 0 Å². The van der Waals surface area contributed by atoms with E-state index in [0.29, 0.717) is 6.61 Å². The fraction of sp³-hybridized carbons (Fsp3) is 0.909. The van der Waals surface area contributed by atoms with Gasteiger partial charge in [-0.05, 0) is 19.8 Å². The molecule has 0 aliphatic heterocycles. The molecule has 100 valence electrons. The molecule has 6 heteroatoms. The number of hydrogen-bond donors (Lipinski definition) is 0. The highest BCUT2D eigenvalue weighted by Gasteiger charge is 2.32. The average Bonchev–Trinajstić information content (AvgIpc) is 2.80. The minimum Gasteiger partial charge on any atom is -0.466 e. The molecule has 0 heterocycles. The lowest BCUT2D eigenvalue weighted by Gasteiger charge is -2.20. The zero-order chi connectivity index (χ0) is 12.9. The van der Waals surface area contributed by atoms with Gasteiger partial charge in [0.15, 0.2) is 0 Å². The Kier molecular flexibility index (Phi) is 5.39. The van der Waals surface area contributed by atoms with Crippen LogP contribution in [0.1, 0.15) is 39.0 Å². The van der Waals surface area contributed by atoms with Gasteiger partial charge < -0.3 is 4.74 Å². The van der Waals surface area contributed by atoms with Crippen molar-refractivity contribution in [3.63, 3.8) is 0 Å². The van der Waals surface area contributed by atoms with Crippen molar-refractivity contribution in [1.82, 2.24) is 4.31 Å². The van der Waals surface area contributed by atoms with Crippen molar-refractivity contribution in [2.75, 3.05) is 20.2 Å². The summed E-state index contributed by atoms with van der Waals surface area (Å²) in [5.74, 6) is -0.346. The first kappa shape index (κ1) is 14.4. The summed E-state index contributed by atoms with van der Waals surface area (Å²) in [5, 5.41) is -0.255. The summed E-state index contributed by atoms with van der Waals surface area (Å²) in [6, 6.07) is 0. The van der Waals surface area contributed by atoms with Gasteiger partial charge in [0.1, 0.15) is 0 Å². The number of rotatable bonds is 6. The Labute approximate surface area is 103 Å². The van der Waals surface area contributed by atoms with Crippen LogP contribution in [0, 0.1) is 0 Å². The van der Waals surface area contributed by atoms with Gasteiger partial charge in [-0.1, -0.05) is 12.8 Å². The summed E-state index contributed by atoms with van der Waals surface area (Å²) in [6.45, 7) is 2.27. The molecule has 0 spiro atoms. The van der Waals surface area contributed by atoms with E-state index < -0.39 is 10.0 Å². The van der Waals surface area contributed by atoms with E-state index in [4.69, 9.17) is 4.74 Å². The largest absolute Gasteiger partial charge is 0.466 e. The molecule has 17 heavy (non-hydrogen) atoms. The van der Waals surface area contributed by atoms with Gasteiger partial charge in [0.2, 0.25) is 10.0 Å². The first-order chi connectivity index (χ1) is 7.98. The molecule has 0 aromatic carbocycles. The van der Waals surface area contributed by atoms with E-state index in [1.807, 2.05) is 0 Å². The Hall–Kier alpha value is -0.620. The molecular weight excluding hydrogens is 242 g/mol. The molecule has 5 nitrogen and oxygen atoms in total. The topological polar surface area (TPSA) is 63.7 Å². The van der Waals surface area contributed by atoms with E-state index in [1.54, 1.807) is 6.92 Å². The summed E-state index contributed by atoms with van der Waals surface area (Å²) >= 11 is 0. The van der Waals surface area contributed by atoms with E-state index in [1.165, 1.54) is 11.4 Å². The van der Waals surface area contributed by atoms with Gasteiger partial charge in [-0.15, -0.1) is 0 Å². The number of sulfonamides is 1. The highest BCUT2D eigenvalue weighted by molar-refractivity contribution is 7.89. The highest BCUT2D eigenvalue weighted by Crippen LogP contribution is 2.26. The second-order valence-electron chi connectivity index (χ2n) is 4.33. The lowest BCUT2D eigenvalue weighted by molar-refractivity contribution is -0.143. The fourth-order valence-electron chi connectivity index (χ4n) is 2.05. The van der Waals surface area contributed by atoms with Crippen LogP contribution in [0.3, 0.4) is 0 Å². The first-order valence-corrected chi connectivity index (χ1v) is 7.59. The van der Waals surface area contributed by atoms with E-state index in [9.17, 15) is 13.2 Å². The molecule has 0 aromatic heterocycles. The van der Waals surface area contributed by atoms with E-state index in [-0.39, 0.29) is 24.2 Å². The zero-order valence-electron chi connectivity index (χ0n) is 10.5. The van der Waals surface area contributed by atoms with Crippen molar-refractivity contribution in [2.24, 2.45) is 0 Å². The lowest BCUT2D eigenvalue weighted by Crippen LogP contribution is -2.36. The number of ether oxygens (including phenoxy) is 1. The molecule has 1 aliphatic carbocycles. The quantitative estimate of drug-likeness (QED) is 0.674. The van der Waals surface area contributed by atoms with Crippen molar-refractivity contribution < 1.29 is 17.9 Å². The molecule has 0 aromatic rings. The summed E-state index contributed by atoms with van der Waals surface area (Å²) in [4.78, 5) is 11.2. The van der Waals surface area contributed by atoms with Crippen LogP contribution in [0.4, 0.5) is 0 Å². The Balaban J connectivity index is 2.45. The van der Waals surface area contributed by atoms with Gasteiger partial charge in [0.05, 0.1) is 18.3 Å². The van der Waals surface area contributed by atoms with Crippen LogP contribution in [0.15, 0.2) is 0 Å². The third-order valence-electron chi connectivity index (χ3n) is 3.09. The van der Waals surface area contributed by atoms with Gasteiger partial charge in [0.25, 0.3) is 0 Å². The maximum atomic E-state index is 12.1. The molecule has 1 rings (SSSR count). The number of esters is 1. The smallest absolute Gasteiger partial charge is 0.307 e. The van der Waals surface area contributed by atoms with Gasteiger partial charge >= 0.3 is 5.97 Å². The predicted molar refractivity (Wildman–Crippen MR) is 65.1 cm³/mol. The maximum Gasteiger partial charge on any atom is 0.307 e. The molecule has 0 atom stereocenters. The molecule has 0 N–H and O–H groups in total. The molecule has 0 unspecified atom stereocenters. The predicted octanol–water partition coefficient (Wildman–Crippen LogP) is 1.14. The monoisotopic (exact) mass is 263 g/mol. The van der Waals surface area contributed by atoms with Crippen molar-refractivity contribution in [2.45, 2.75) is 44.3 Å². The van der Waals surface area contributed by atoms with E-state index in [0.717, 1.165) is 25.7 Å². The normalized spacial score (nSPS) is 17.6. The zero-order valence-corrected chi connectivity index (χ0v) is 11.3. The number of nitrogens with zero attached hydrogens (tertiary/aromatic N) is 1. The lowest BCUT2D eigenvalue weighted by atomic mass is 10.4.